The molecule has 3 rings (SSSR count). The molecule has 4 amide bonds. The third kappa shape index (κ3) is 5.47. The van der Waals surface area contributed by atoms with Crippen LogP contribution < -0.4 is 21.3 Å². The lowest BCUT2D eigenvalue weighted by atomic mass is 9.98. The van der Waals surface area contributed by atoms with Crippen molar-refractivity contribution in [1.82, 2.24) is 15.8 Å². The van der Waals surface area contributed by atoms with Crippen molar-refractivity contribution in [3.05, 3.63) is 54.6 Å². The van der Waals surface area contributed by atoms with Gasteiger partial charge in [-0.15, -0.1) is 0 Å². The third-order valence-electron chi connectivity index (χ3n) is 4.76. The Balaban J connectivity index is 1.50. The van der Waals surface area contributed by atoms with Gasteiger partial charge < -0.3 is 15.4 Å². The van der Waals surface area contributed by atoms with Crippen LogP contribution in [-0.4, -0.2) is 42.4 Å². The number of carbonyl (C=O) groups is 3. The largest absolute Gasteiger partial charge is 0.483 e. The summed E-state index contributed by atoms with van der Waals surface area (Å²) in [4.78, 5) is 37.0. The molecule has 0 saturated carbocycles. The lowest BCUT2D eigenvalue weighted by Crippen LogP contribution is -2.51. The minimum Gasteiger partial charge on any atom is -0.483 e. The molecule has 0 aromatic heterocycles. The van der Waals surface area contributed by atoms with Crippen LogP contribution >= 0.6 is 0 Å². The number of likely N-dealkylation sites (tertiary alicyclic amines) is 1. The zero-order valence-corrected chi connectivity index (χ0v) is 16.0. The Morgan fingerprint density at radius 3 is 2.52 bits per heavy atom. The highest BCUT2D eigenvalue weighted by Gasteiger charge is 2.27. The Bertz CT molecular complexity index is 872. The first kappa shape index (κ1) is 20.2. The second-order valence-corrected chi connectivity index (χ2v) is 6.81. The number of hydrogen-bond donors (Lipinski definition) is 3. The molecule has 1 saturated heterocycles. The molecule has 1 atom stereocenters. The van der Waals surface area contributed by atoms with Gasteiger partial charge in [0, 0.05) is 18.7 Å². The first-order chi connectivity index (χ1) is 14.0. The summed E-state index contributed by atoms with van der Waals surface area (Å²) >= 11 is 0. The highest BCUT2D eigenvalue weighted by atomic mass is 16.5. The number of urea groups is 1. The van der Waals surface area contributed by atoms with Crippen molar-refractivity contribution in [2.75, 3.05) is 19.7 Å². The molecule has 0 unspecified atom stereocenters. The van der Waals surface area contributed by atoms with Gasteiger partial charge in [-0.1, -0.05) is 48.5 Å². The Morgan fingerprint density at radius 1 is 1.03 bits per heavy atom. The number of ether oxygens (including phenoxy) is 1. The van der Waals surface area contributed by atoms with E-state index in [2.05, 4.69) is 10.9 Å². The number of nitrogens with zero attached hydrogens (tertiary/aromatic N) is 1. The third-order valence-corrected chi connectivity index (χ3v) is 4.76. The van der Waals surface area contributed by atoms with Gasteiger partial charge in [-0.3, -0.25) is 20.4 Å². The summed E-state index contributed by atoms with van der Waals surface area (Å²) in [5.41, 5.74) is 11.9. The van der Waals surface area contributed by atoms with Crippen LogP contribution in [0.5, 0.6) is 5.75 Å². The van der Waals surface area contributed by atoms with Gasteiger partial charge in [0.25, 0.3) is 5.91 Å². The quantitative estimate of drug-likeness (QED) is 0.667. The molecule has 1 aliphatic heterocycles. The van der Waals surface area contributed by atoms with Crippen molar-refractivity contribution >= 4 is 17.8 Å². The van der Waals surface area contributed by atoms with Crippen LogP contribution in [0.4, 0.5) is 4.79 Å². The summed E-state index contributed by atoms with van der Waals surface area (Å²) in [7, 11) is 0. The van der Waals surface area contributed by atoms with E-state index >= 15 is 0 Å². The SMILES string of the molecule is NC(=O)N1CCC[C@H](C(=O)NNC(=O)COc2ccccc2-c2ccccc2)C1. The monoisotopic (exact) mass is 396 g/mol. The molecule has 1 fully saturated rings. The number of primary amides is 1. The average molecular weight is 396 g/mol. The van der Waals surface area contributed by atoms with E-state index in [0.717, 1.165) is 11.1 Å². The highest BCUT2D eigenvalue weighted by Crippen LogP contribution is 2.29. The number of piperidine rings is 1. The van der Waals surface area contributed by atoms with Crippen molar-refractivity contribution in [2.45, 2.75) is 12.8 Å². The minimum atomic E-state index is -0.544. The highest BCUT2D eigenvalue weighted by molar-refractivity contribution is 5.85. The van der Waals surface area contributed by atoms with Crippen molar-refractivity contribution in [3.8, 4) is 16.9 Å². The summed E-state index contributed by atoms with van der Waals surface area (Å²) < 4.78 is 5.65. The number of nitrogens with one attached hydrogen (secondary N) is 2. The van der Waals surface area contributed by atoms with Gasteiger partial charge in [0.15, 0.2) is 6.61 Å². The second-order valence-electron chi connectivity index (χ2n) is 6.81. The minimum absolute atomic E-state index is 0.248. The maximum atomic E-state index is 12.2. The second kappa shape index (κ2) is 9.59. The number of para-hydroxylation sites is 1. The zero-order chi connectivity index (χ0) is 20.6. The fraction of sp³-hybridized carbons (Fsp3) is 0.286. The normalized spacial score (nSPS) is 16.0. The van der Waals surface area contributed by atoms with E-state index in [-0.39, 0.29) is 19.1 Å². The van der Waals surface area contributed by atoms with Crippen molar-refractivity contribution in [3.63, 3.8) is 0 Å². The first-order valence-electron chi connectivity index (χ1n) is 9.45. The Labute approximate surface area is 169 Å². The first-order valence-corrected chi connectivity index (χ1v) is 9.45. The van der Waals surface area contributed by atoms with Gasteiger partial charge >= 0.3 is 6.03 Å². The number of carbonyl (C=O) groups excluding carboxylic acids is 3. The molecule has 1 heterocycles. The Hall–Kier alpha value is -3.55. The molecule has 2 aromatic rings. The number of hydrogen-bond acceptors (Lipinski definition) is 4. The van der Waals surface area contributed by atoms with E-state index in [0.29, 0.717) is 25.1 Å². The van der Waals surface area contributed by atoms with Gasteiger partial charge in [0.2, 0.25) is 5.91 Å². The Morgan fingerprint density at radius 2 is 1.76 bits per heavy atom. The van der Waals surface area contributed by atoms with Gasteiger partial charge in [0.05, 0.1) is 5.92 Å². The van der Waals surface area contributed by atoms with Crippen LogP contribution in [0.25, 0.3) is 11.1 Å². The fourth-order valence-electron chi connectivity index (χ4n) is 3.25. The van der Waals surface area contributed by atoms with Crippen LogP contribution in [0, 0.1) is 5.92 Å². The van der Waals surface area contributed by atoms with E-state index in [1.165, 1.54) is 4.90 Å². The van der Waals surface area contributed by atoms with E-state index in [1.54, 1.807) is 6.07 Å². The summed E-state index contributed by atoms with van der Waals surface area (Å²) in [6.45, 7) is 0.542. The molecule has 0 bridgehead atoms. The van der Waals surface area contributed by atoms with Crippen molar-refractivity contribution in [2.24, 2.45) is 11.7 Å². The predicted molar refractivity (Wildman–Crippen MR) is 108 cm³/mol. The number of benzene rings is 2. The number of nitrogens with two attached hydrogens (primary N) is 1. The average Bonchev–Trinajstić information content (AvgIpc) is 2.77. The summed E-state index contributed by atoms with van der Waals surface area (Å²) in [6, 6.07) is 16.6. The van der Waals surface area contributed by atoms with E-state index in [9.17, 15) is 14.4 Å². The summed E-state index contributed by atoms with van der Waals surface area (Å²) in [5.74, 6) is -0.668. The number of hydrazine groups is 1. The van der Waals surface area contributed by atoms with Gasteiger partial charge in [-0.25, -0.2) is 4.79 Å². The maximum Gasteiger partial charge on any atom is 0.314 e. The number of amides is 4. The molecule has 8 heteroatoms. The van der Waals surface area contributed by atoms with Gasteiger partial charge in [-0.05, 0) is 24.5 Å². The molecule has 8 nitrogen and oxygen atoms in total. The van der Waals surface area contributed by atoms with Gasteiger partial charge in [0.1, 0.15) is 5.75 Å². The number of rotatable bonds is 5. The fourth-order valence-corrected chi connectivity index (χ4v) is 3.25. The maximum absolute atomic E-state index is 12.2. The summed E-state index contributed by atoms with van der Waals surface area (Å²) in [5, 5.41) is 0. The molecule has 4 N–H and O–H groups in total. The molecule has 0 radical (unpaired) electrons. The van der Waals surface area contributed by atoms with Crippen LogP contribution in [0.1, 0.15) is 12.8 Å². The van der Waals surface area contributed by atoms with Crippen LogP contribution in [0.15, 0.2) is 54.6 Å². The molecule has 0 aliphatic carbocycles. The lowest BCUT2D eigenvalue weighted by molar-refractivity contribution is -0.132. The van der Waals surface area contributed by atoms with Crippen LogP contribution in [0.2, 0.25) is 0 Å². The smallest absolute Gasteiger partial charge is 0.314 e. The topological polar surface area (TPSA) is 114 Å². The van der Waals surface area contributed by atoms with Crippen LogP contribution in [-0.2, 0) is 9.59 Å². The molecule has 1 aliphatic rings. The van der Waals surface area contributed by atoms with Crippen molar-refractivity contribution < 1.29 is 19.1 Å². The molecule has 152 valence electrons. The summed E-state index contributed by atoms with van der Waals surface area (Å²) in [6.07, 6.45) is 1.32. The molecule has 29 heavy (non-hydrogen) atoms. The predicted octanol–water partition coefficient (Wildman–Crippen LogP) is 1.67. The van der Waals surface area contributed by atoms with Crippen molar-refractivity contribution in [1.29, 1.82) is 0 Å². The lowest BCUT2D eigenvalue weighted by Gasteiger charge is -2.30. The van der Waals surface area contributed by atoms with E-state index in [4.69, 9.17) is 10.5 Å². The molecular weight excluding hydrogens is 372 g/mol. The molecule has 2 aromatic carbocycles. The van der Waals surface area contributed by atoms with E-state index in [1.807, 2.05) is 48.5 Å². The zero-order valence-electron chi connectivity index (χ0n) is 16.0. The van der Waals surface area contributed by atoms with Crippen LogP contribution in [0.3, 0.4) is 0 Å². The standard InChI is InChI=1S/C21H24N4O4/c22-21(28)25-12-6-9-16(13-25)20(27)24-23-19(26)14-29-18-11-5-4-10-17(18)15-7-2-1-3-8-15/h1-5,7-8,10-11,16H,6,9,12-14H2,(H2,22,28)(H,23,26)(H,24,27)/t16-/m0/s1. The van der Waals surface area contributed by atoms with Gasteiger partial charge in [-0.2, -0.15) is 0 Å². The molecule has 0 spiro atoms. The van der Waals surface area contributed by atoms with E-state index < -0.39 is 17.9 Å². The Kier molecular flexibility index (Phi) is 6.67. The molecular formula is C21H24N4O4.